The monoisotopic (exact) mass is 471 g/mol. The molecule has 3 heterocycles. The average Bonchev–Trinajstić information content (AvgIpc) is 2.84. The number of hydrogen-bond donors (Lipinski definition) is 1. The molecule has 5 atom stereocenters. The van der Waals surface area contributed by atoms with Crippen molar-refractivity contribution in [1.29, 1.82) is 0 Å². The minimum atomic E-state index is -1.21. The predicted molar refractivity (Wildman–Crippen MR) is 136 cm³/mol. The SMILES string of the molecule is Cc1cc(C)cc(CO[C@H]2[C@@H]3CCN(C[C@H]3OC(=O)O)[C@H]2C(c2ccccc2)c2ccccc2)c1. The molecule has 6 rings (SSSR count). The van der Waals surface area contributed by atoms with E-state index in [0.29, 0.717) is 13.2 Å². The summed E-state index contributed by atoms with van der Waals surface area (Å²) in [5.41, 5.74) is 6.06. The van der Waals surface area contributed by atoms with Crippen LogP contribution in [0.5, 0.6) is 0 Å². The molecule has 3 fully saturated rings. The van der Waals surface area contributed by atoms with E-state index in [2.05, 4.69) is 85.5 Å². The molecule has 182 valence electrons. The third-order valence-corrected chi connectivity index (χ3v) is 7.46. The molecule has 0 aromatic heterocycles. The Morgan fingerprint density at radius 2 is 1.57 bits per heavy atom. The van der Waals surface area contributed by atoms with Crippen LogP contribution in [0.1, 0.15) is 40.2 Å². The molecule has 3 aliphatic rings. The quantitative estimate of drug-likeness (QED) is 0.442. The molecule has 5 nitrogen and oxygen atoms in total. The van der Waals surface area contributed by atoms with Crippen LogP contribution in [-0.4, -0.2) is 47.5 Å². The summed E-state index contributed by atoms with van der Waals surface area (Å²) in [7, 11) is 0. The minimum absolute atomic E-state index is 0.0157. The van der Waals surface area contributed by atoms with Gasteiger partial charge >= 0.3 is 6.16 Å². The Bertz CT molecular complexity index is 1090. The van der Waals surface area contributed by atoms with Crippen molar-refractivity contribution in [2.45, 2.75) is 51.0 Å². The largest absolute Gasteiger partial charge is 0.506 e. The zero-order chi connectivity index (χ0) is 24.4. The van der Waals surface area contributed by atoms with E-state index in [1.54, 1.807) is 0 Å². The number of nitrogens with zero attached hydrogens (tertiary/aromatic N) is 1. The number of ether oxygens (including phenoxy) is 2. The molecule has 1 unspecified atom stereocenters. The van der Waals surface area contributed by atoms with Crippen LogP contribution in [0.4, 0.5) is 4.79 Å². The van der Waals surface area contributed by atoms with Gasteiger partial charge in [0.25, 0.3) is 0 Å². The molecule has 2 bridgehead atoms. The number of piperidine rings is 3. The molecule has 0 radical (unpaired) electrons. The van der Waals surface area contributed by atoms with E-state index < -0.39 is 6.16 Å². The highest BCUT2D eigenvalue weighted by molar-refractivity contribution is 5.57. The summed E-state index contributed by atoms with van der Waals surface area (Å²) in [4.78, 5) is 13.9. The molecule has 0 amide bonds. The number of fused-ring (bicyclic) bond motifs is 3. The fraction of sp³-hybridized carbons (Fsp3) is 0.367. The maximum Gasteiger partial charge on any atom is 0.506 e. The number of hydrogen-bond acceptors (Lipinski definition) is 4. The molecule has 3 saturated heterocycles. The molecule has 3 aromatic carbocycles. The van der Waals surface area contributed by atoms with E-state index in [1.165, 1.54) is 22.3 Å². The number of aryl methyl sites for hydroxylation is 2. The van der Waals surface area contributed by atoms with Crippen molar-refractivity contribution >= 4 is 6.16 Å². The first-order valence-electron chi connectivity index (χ1n) is 12.4. The van der Waals surface area contributed by atoms with Crippen molar-refractivity contribution in [3.63, 3.8) is 0 Å². The van der Waals surface area contributed by atoms with Gasteiger partial charge in [0.15, 0.2) is 0 Å². The number of rotatable bonds is 7. The number of carbonyl (C=O) groups is 1. The first kappa shape index (κ1) is 23.6. The first-order valence-corrected chi connectivity index (χ1v) is 12.4. The summed E-state index contributed by atoms with van der Waals surface area (Å²) in [6, 6.07) is 27.8. The fourth-order valence-corrected chi connectivity index (χ4v) is 6.20. The smallest absolute Gasteiger partial charge is 0.450 e. The van der Waals surface area contributed by atoms with Crippen molar-refractivity contribution < 1.29 is 19.4 Å². The lowest BCUT2D eigenvalue weighted by atomic mass is 9.70. The Kier molecular flexibility index (Phi) is 6.89. The topological polar surface area (TPSA) is 59.0 Å². The lowest BCUT2D eigenvalue weighted by Gasteiger charge is -2.55. The molecular weight excluding hydrogens is 438 g/mol. The summed E-state index contributed by atoms with van der Waals surface area (Å²) < 4.78 is 12.1. The average molecular weight is 472 g/mol. The van der Waals surface area contributed by atoms with E-state index in [0.717, 1.165) is 18.5 Å². The summed E-state index contributed by atoms with van der Waals surface area (Å²) >= 11 is 0. The van der Waals surface area contributed by atoms with E-state index in [9.17, 15) is 9.90 Å². The molecule has 0 saturated carbocycles. The summed E-state index contributed by atoms with van der Waals surface area (Å²) in [5, 5.41) is 9.40. The predicted octanol–water partition coefficient (Wildman–Crippen LogP) is 5.79. The molecule has 3 aromatic rings. The normalized spacial score (nSPS) is 25.5. The molecule has 35 heavy (non-hydrogen) atoms. The maximum atomic E-state index is 11.5. The van der Waals surface area contributed by atoms with Gasteiger partial charge in [0.05, 0.1) is 12.7 Å². The Morgan fingerprint density at radius 3 is 2.14 bits per heavy atom. The van der Waals surface area contributed by atoms with Crippen LogP contribution in [0.15, 0.2) is 78.9 Å². The fourth-order valence-electron chi connectivity index (χ4n) is 6.20. The van der Waals surface area contributed by atoms with Gasteiger partial charge in [-0.1, -0.05) is 90.0 Å². The van der Waals surface area contributed by atoms with Gasteiger partial charge in [-0.15, -0.1) is 0 Å². The molecule has 0 aliphatic carbocycles. The summed E-state index contributed by atoms with van der Waals surface area (Å²) in [6.07, 6.45) is -0.888. The Hall–Kier alpha value is -3.15. The lowest BCUT2D eigenvalue weighted by molar-refractivity contribution is -0.169. The van der Waals surface area contributed by atoms with Crippen LogP contribution in [-0.2, 0) is 16.1 Å². The minimum Gasteiger partial charge on any atom is -0.450 e. The molecule has 5 heteroatoms. The van der Waals surface area contributed by atoms with E-state index in [-0.39, 0.29) is 30.1 Å². The highest BCUT2D eigenvalue weighted by Gasteiger charge is 2.52. The van der Waals surface area contributed by atoms with Crippen molar-refractivity contribution in [1.82, 2.24) is 4.90 Å². The molecular formula is C30H33NO4. The van der Waals surface area contributed by atoms with Crippen LogP contribution >= 0.6 is 0 Å². The third-order valence-electron chi connectivity index (χ3n) is 7.46. The van der Waals surface area contributed by atoms with Crippen LogP contribution in [0.2, 0.25) is 0 Å². The van der Waals surface area contributed by atoms with Crippen LogP contribution in [0.25, 0.3) is 0 Å². The lowest BCUT2D eigenvalue weighted by Crippen LogP contribution is -2.66. The second-order valence-electron chi connectivity index (χ2n) is 9.93. The van der Waals surface area contributed by atoms with Gasteiger partial charge in [0, 0.05) is 24.4 Å². The van der Waals surface area contributed by atoms with Gasteiger partial charge in [-0.2, -0.15) is 0 Å². The highest BCUT2D eigenvalue weighted by Crippen LogP contribution is 2.44. The van der Waals surface area contributed by atoms with Crippen molar-refractivity contribution in [2.75, 3.05) is 13.1 Å². The van der Waals surface area contributed by atoms with Gasteiger partial charge in [0.1, 0.15) is 6.10 Å². The molecule has 1 N–H and O–H groups in total. The van der Waals surface area contributed by atoms with Crippen LogP contribution < -0.4 is 0 Å². The second kappa shape index (κ2) is 10.2. The van der Waals surface area contributed by atoms with Gasteiger partial charge in [-0.05, 0) is 43.5 Å². The summed E-state index contributed by atoms with van der Waals surface area (Å²) in [5.74, 6) is 0.122. The maximum absolute atomic E-state index is 11.5. The van der Waals surface area contributed by atoms with E-state index >= 15 is 0 Å². The van der Waals surface area contributed by atoms with E-state index in [4.69, 9.17) is 9.47 Å². The molecule has 3 aliphatic heterocycles. The zero-order valence-corrected chi connectivity index (χ0v) is 20.3. The summed E-state index contributed by atoms with van der Waals surface area (Å²) in [6.45, 7) is 6.20. The molecule has 0 spiro atoms. The van der Waals surface area contributed by atoms with Gasteiger partial charge < -0.3 is 14.6 Å². The Balaban J connectivity index is 1.53. The van der Waals surface area contributed by atoms with E-state index in [1.807, 2.05) is 12.1 Å². The number of benzene rings is 3. The highest BCUT2D eigenvalue weighted by atomic mass is 16.7. The van der Waals surface area contributed by atoms with Gasteiger partial charge in [0.2, 0.25) is 0 Å². The van der Waals surface area contributed by atoms with Crippen LogP contribution in [0.3, 0.4) is 0 Å². The Morgan fingerprint density at radius 1 is 0.971 bits per heavy atom. The van der Waals surface area contributed by atoms with Gasteiger partial charge in [-0.25, -0.2) is 4.79 Å². The van der Waals surface area contributed by atoms with Gasteiger partial charge in [-0.3, -0.25) is 4.90 Å². The second-order valence-corrected chi connectivity index (χ2v) is 9.93. The zero-order valence-electron chi connectivity index (χ0n) is 20.3. The standard InChI is InChI=1S/C30H33NO4/c1-20-15-21(2)17-22(16-20)19-34-29-25-13-14-31(18-26(25)35-30(32)33)28(29)27(23-9-5-3-6-10-23)24-11-7-4-8-12-24/h3-12,15-17,25-29H,13-14,18-19H2,1-2H3,(H,32,33)/t25-,26-,28+,29+/m1/s1. The third kappa shape index (κ3) is 5.12. The first-order chi connectivity index (χ1) is 17.0. The van der Waals surface area contributed by atoms with Crippen molar-refractivity contribution in [3.8, 4) is 0 Å². The van der Waals surface area contributed by atoms with Crippen molar-refractivity contribution in [2.24, 2.45) is 5.92 Å². The van der Waals surface area contributed by atoms with Crippen LogP contribution in [0, 0.1) is 19.8 Å². The van der Waals surface area contributed by atoms with Crippen molar-refractivity contribution in [3.05, 3.63) is 107 Å². The Labute approximate surface area is 207 Å². The number of carboxylic acid groups (broad SMARTS) is 1.